The number of aromatic hydroxyl groups is 2. The van der Waals surface area contributed by atoms with Gasteiger partial charge in [0.05, 0.1) is 11.4 Å². The molecule has 4 nitrogen and oxygen atoms in total. The smallest absolute Gasteiger partial charge is 0.507 e. The van der Waals surface area contributed by atoms with Crippen molar-refractivity contribution in [3.8, 4) is 11.5 Å². The molecule has 0 bridgehead atoms. The molecule has 0 saturated heterocycles. The van der Waals surface area contributed by atoms with Crippen molar-refractivity contribution in [2.75, 3.05) is 0 Å². The van der Waals surface area contributed by atoms with Gasteiger partial charge in [-0.2, -0.15) is 0 Å². The minimum Gasteiger partial charge on any atom is -0.507 e. The average molecular weight is 472 g/mol. The zero-order valence-corrected chi connectivity index (χ0v) is 20.9. The van der Waals surface area contributed by atoms with Crippen molar-refractivity contribution in [3.63, 3.8) is 0 Å². The van der Waals surface area contributed by atoms with E-state index >= 15 is 0 Å². The summed E-state index contributed by atoms with van der Waals surface area (Å²) in [6.07, 6.45) is 0. The first kappa shape index (κ1) is 27.8. The van der Waals surface area contributed by atoms with Crippen molar-refractivity contribution in [1.29, 1.82) is 0 Å². The molecule has 0 spiro atoms. The molecule has 0 fully saturated rings. The summed E-state index contributed by atoms with van der Waals surface area (Å²) in [7, 11) is 0. The molecule has 0 saturated carbocycles. The fourth-order valence-electron chi connectivity index (χ4n) is 3.53. The average Bonchev–Trinajstić information content (AvgIpc) is 2.74. The van der Waals surface area contributed by atoms with Gasteiger partial charge in [-0.15, -0.1) is 0 Å². The minimum atomic E-state index is 0. The molecule has 0 aliphatic carbocycles. The molecule has 4 rings (SSSR count). The summed E-state index contributed by atoms with van der Waals surface area (Å²) < 4.78 is 0. The molecule has 0 aliphatic rings. The van der Waals surface area contributed by atoms with Gasteiger partial charge in [-0.25, -0.2) is 0 Å². The summed E-state index contributed by atoms with van der Waals surface area (Å²) in [5.41, 5.74) is 4.38. The van der Waals surface area contributed by atoms with Crippen molar-refractivity contribution in [1.82, 2.24) is 0 Å². The maximum absolute atomic E-state index is 10.2. The van der Waals surface area contributed by atoms with E-state index in [1.807, 2.05) is 74.5 Å². The summed E-state index contributed by atoms with van der Waals surface area (Å²) in [5.74, 6) is 0.403. The van der Waals surface area contributed by atoms with Gasteiger partial charge < -0.3 is 25.1 Å². The van der Waals surface area contributed by atoms with Crippen LogP contribution >= 0.6 is 0 Å². The van der Waals surface area contributed by atoms with Crippen LogP contribution in [0.15, 0.2) is 94.9 Å². The van der Waals surface area contributed by atoms with E-state index in [9.17, 15) is 10.2 Å². The van der Waals surface area contributed by atoms with E-state index in [1.54, 1.807) is 24.3 Å². The van der Waals surface area contributed by atoms with E-state index in [0.29, 0.717) is 11.1 Å². The van der Waals surface area contributed by atoms with Crippen LogP contribution in [0.3, 0.4) is 0 Å². The molecular weight excluding hydrogens is 444 g/mol. The first-order valence-electron chi connectivity index (χ1n) is 9.73. The number of rotatable bonds is 4. The van der Waals surface area contributed by atoms with Crippen molar-refractivity contribution in [2.45, 2.75) is 13.8 Å². The van der Waals surface area contributed by atoms with Gasteiger partial charge in [0.1, 0.15) is 11.5 Å². The number of phenolic OH excluding ortho intramolecular Hbond substituents is 2. The van der Waals surface area contributed by atoms with Crippen LogP contribution in [0.25, 0.3) is 10.8 Å². The molecule has 0 aliphatic heterocycles. The van der Waals surface area contributed by atoms with Gasteiger partial charge in [-0.3, -0.25) is 9.98 Å². The molecule has 0 radical (unpaired) electrons. The summed E-state index contributed by atoms with van der Waals surface area (Å²) in [6, 6.07) is 26.2. The number of hydrogen-bond acceptors (Lipinski definition) is 4. The first-order valence-corrected chi connectivity index (χ1v) is 9.73. The molecule has 5 heteroatoms. The summed E-state index contributed by atoms with van der Waals surface area (Å²) in [6.45, 7) is 3.76. The number of nitrogens with zero attached hydrogens (tertiary/aromatic N) is 2. The van der Waals surface area contributed by atoms with Crippen molar-refractivity contribution in [3.05, 3.63) is 111 Å². The Morgan fingerprint density at radius 2 is 0.970 bits per heavy atom. The van der Waals surface area contributed by atoms with Crippen LogP contribution < -0.4 is 0 Å². The van der Waals surface area contributed by atoms with E-state index in [2.05, 4.69) is 0 Å². The molecule has 0 unspecified atom stereocenters. The number of fused-ring (bicyclic) bond motifs is 1. The monoisotopic (exact) mass is 472 g/mol. The van der Waals surface area contributed by atoms with Crippen LogP contribution in [0.2, 0.25) is 0 Å². The van der Waals surface area contributed by atoms with Crippen molar-refractivity contribution < 1.29 is 31.9 Å². The Balaban J connectivity index is 0.00000181. The second-order valence-electron chi connectivity index (χ2n) is 7.08. The Kier molecular flexibility index (Phi) is 10.2. The Labute approximate surface area is 211 Å². The van der Waals surface area contributed by atoms with Crippen molar-refractivity contribution >= 4 is 33.6 Å². The second kappa shape index (κ2) is 12.1. The topological polar surface area (TPSA) is 65.2 Å². The summed E-state index contributed by atoms with van der Waals surface area (Å²) in [5, 5.41) is 22.3. The fourth-order valence-corrected chi connectivity index (χ4v) is 3.53. The van der Waals surface area contributed by atoms with E-state index in [0.717, 1.165) is 33.6 Å². The standard InChI is InChI=1S/C26H22N2O2.2CH3.Ti/c1-17(20-11-3-5-15-24(20)29)27-22-13-7-9-19-10-8-14-23(26(19)22)28-18(2)21-12-4-6-16-25(21)30;;;/h3-16,29-30H,1-2H3;2*1H3;/q;2*-1;+2. The summed E-state index contributed by atoms with van der Waals surface area (Å²) >= 11 is 0. The molecule has 0 amide bonds. The van der Waals surface area contributed by atoms with Crippen LogP contribution in [0, 0.1) is 14.9 Å². The number of aliphatic imine (C=N–C) groups is 2. The number of para-hydroxylation sites is 2. The maximum Gasteiger partial charge on any atom is 2.00 e. The van der Waals surface area contributed by atoms with E-state index in [1.165, 1.54) is 0 Å². The van der Waals surface area contributed by atoms with E-state index in [-0.39, 0.29) is 48.1 Å². The molecule has 4 aromatic rings. The zero-order valence-electron chi connectivity index (χ0n) is 19.4. The van der Waals surface area contributed by atoms with Gasteiger partial charge >= 0.3 is 21.7 Å². The molecule has 33 heavy (non-hydrogen) atoms. The Bertz CT molecular complexity index is 1200. The third-order valence-electron chi connectivity index (χ3n) is 5.02. The predicted molar refractivity (Wildman–Crippen MR) is 137 cm³/mol. The molecular formula is C28H28N2O2Ti. The maximum atomic E-state index is 10.2. The summed E-state index contributed by atoms with van der Waals surface area (Å²) in [4.78, 5) is 9.63. The van der Waals surface area contributed by atoms with E-state index < -0.39 is 0 Å². The van der Waals surface area contributed by atoms with Gasteiger partial charge in [0.2, 0.25) is 0 Å². The van der Waals surface area contributed by atoms with Gasteiger partial charge in [-0.1, -0.05) is 48.5 Å². The predicted octanol–water partition coefficient (Wildman–Crippen LogP) is 7.43. The number of benzene rings is 4. The molecule has 4 aromatic carbocycles. The van der Waals surface area contributed by atoms with Crippen LogP contribution in [-0.4, -0.2) is 21.6 Å². The Morgan fingerprint density at radius 1 is 0.576 bits per heavy atom. The van der Waals surface area contributed by atoms with Crippen LogP contribution in [0.5, 0.6) is 11.5 Å². The van der Waals surface area contributed by atoms with E-state index in [4.69, 9.17) is 9.98 Å². The van der Waals surface area contributed by atoms with Crippen LogP contribution in [-0.2, 0) is 21.7 Å². The number of hydrogen-bond donors (Lipinski definition) is 2. The quantitative estimate of drug-likeness (QED) is 0.184. The SMILES string of the molecule is CC(=Nc1cccc2cccc(N=C(C)c3ccccc3O)c12)c1ccccc1O.[CH3-].[CH3-].[Ti+2]. The normalized spacial score (nSPS) is 11.2. The zero-order chi connectivity index (χ0) is 21.1. The van der Waals surface area contributed by atoms with Gasteiger partial charge in [0, 0.05) is 27.9 Å². The largest absolute Gasteiger partial charge is 2.00 e. The van der Waals surface area contributed by atoms with Gasteiger partial charge in [-0.05, 0) is 55.6 Å². The van der Waals surface area contributed by atoms with Gasteiger partial charge in [0.25, 0.3) is 0 Å². The second-order valence-corrected chi connectivity index (χ2v) is 7.08. The van der Waals surface area contributed by atoms with Crippen molar-refractivity contribution in [2.24, 2.45) is 9.98 Å². The van der Waals surface area contributed by atoms with Crippen LogP contribution in [0.4, 0.5) is 11.4 Å². The number of phenols is 2. The van der Waals surface area contributed by atoms with Crippen LogP contribution in [0.1, 0.15) is 25.0 Å². The fraction of sp³-hybridized carbons (Fsp3) is 0.0714. The first-order chi connectivity index (χ1) is 14.5. The third-order valence-corrected chi connectivity index (χ3v) is 5.02. The Hall–Kier alpha value is -3.21. The molecule has 0 atom stereocenters. The minimum absolute atomic E-state index is 0. The van der Waals surface area contributed by atoms with Gasteiger partial charge in [0.15, 0.2) is 0 Å². The molecule has 0 heterocycles. The Morgan fingerprint density at radius 3 is 1.36 bits per heavy atom. The molecule has 166 valence electrons. The molecule has 0 aromatic heterocycles. The molecule has 2 N–H and O–H groups in total. The third kappa shape index (κ3) is 5.98.